The first-order chi connectivity index (χ1) is 9.74. The fraction of sp³-hybridized carbons (Fsp3) is 0.429. The Morgan fingerprint density at radius 3 is 2.80 bits per heavy atom. The summed E-state index contributed by atoms with van der Waals surface area (Å²) in [6.07, 6.45) is 6.81. The second-order valence-electron chi connectivity index (χ2n) is 5.14. The van der Waals surface area contributed by atoms with E-state index in [4.69, 9.17) is 0 Å². The largest absolute Gasteiger partial charge is 0.348 e. The number of nitrogens with zero attached hydrogens (tertiary/aromatic N) is 4. The highest BCUT2D eigenvalue weighted by Gasteiger charge is 2.23. The molecular weight excluding hydrogens is 254 g/mol. The third kappa shape index (κ3) is 2.54. The molecule has 1 aliphatic carbocycles. The maximum atomic E-state index is 12.1. The molecule has 0 unspecified atom stereocenters. The summed E-state index contributed by atoms with van der Waals surface area (Å²) in [4.78, 5) is 16.1. The van der Waals surface area contributed by atoms with Gasteiger partial charge in [0.15, 0.2) is 5.69 Å². The molecule has 6 nitrogen and oxygen atoms in total. The molecule has 1 aliphatic rings. The second kappa shape index (κ2) is 5.40. The highest BCUT2D eigenvalue weighted by atomic mass is 16.2. The predicted octanol–water partition coefficient (Wildman–Crippen LogP) is 1.31. The highest BCUT2D eigenvalue weighted by Crippen LogP contribution is 2.18. The molecule has 2 aromatic heterocycles. The molecule has 1 amide bonds. The van der Waals surface area contributed by atoms with E-state index in [0.717, 1.165) is 24.1 Å². The minimum atomic E-state index is -0.117. The third-order valence-electron chi connectivity index (χ3n) is 3.72. The zero-order valence-electron chi connectivity index (χ0n) is 11.4. The van der Waals surface area contributed by atoms with E-state index in [9.17, 15) is 4.79 Å². The van der Waals surface area contributed by atoms with Crippen LogP contribution in [0.4, 0.5) is 0 Å². The summed E-state index contributed by atoms with van der Waals surface area (Å²) < 4.78 is 1.74. The molecule has 0 spiro atoms. The van der Waals surface area contributed by atoms with Crippen LogP contribution in [0, 0.1) is 6.92 Å². The molecule has 6 heteroatoms. The average molecular weight is 271 g/mol. The van der Waals surface area contributed by atoms with Gasteiger partial charge < -0.3 is 5.32 Å². The molecule has 3 rings (SSSR count). The van der Waals surface area contributed by atoms with Crippen LogP contribution in [-0.4, -0.2) is 31.9 Å². The number of carbonyl (C=O) groups excluding carboxylic acids is 1. The second-order valence-corrected chi connectivity index (χ2v) is 5.14. The van der Waals surface area contributed by atoms with E-state index in [2.05, 4.69) is 20.6 Å². The Hall–Kier alpha value is -2.24. The summed E-state index contributed by atoms with van der Waals surface area (Å²) in [5, 5.41) is 11.1. The molecule has 0 bridgehead atoms. The Kier molecular flexibility index (Phi) is 3.45. The maximum Gasteiger partial charge on any atom is 0.273 e. The number of hydrogen-bond donors (Lipinski definition) is 1. The highest BCUT2D eigenvalue weighted by molar-refractivity contribution is 5.93. The van der Waals surface area contributed by atoms with E-state index < -0.39 is 0 Å². The first-order valence-corrected chi connectivity index (χ1v) is 6.84. The minimum absolute atomic E-state index is 0.117. The van der Waals surface area contributed by atoms with Crippen LogP contribution in [-0.2, 0) is 6.54 Å². The van der Waals surface area contributed by atoms with Crippen molar-refractivity contribution in [3.05, 3.63) is 41.5 Å². The fourth-order valence-corrected chi connectivity index (χ4v) is 2.19. The third-order valence-corrected chi connectivity index (χ3v) is 3.72. The summed E-state index contributed by atoms with van der Waals surface area (Å²) in [5.41, 5.74) is 2.29. The van der Waals surface area contributed by atoms with Crippen LogP contribution in [0.1, 0.15) is 41.0 Å². The quantitative estimate of drug-likeness (QED) is 0.910. The van der Waals surface area contributed by atoms with Crippen LogP contribution in [0.2, 0.25) is 0 Å². The SMILES string of the molecule is Cc1c(C(=O)NC2CCC2)nnn1Cc1ccncc1. The maximum absolute atomic E-state index is 12.1. The minimum Gasteiger partial charge on any atom is -0.348 e. The lowest BCUT2D eigenvalue weighted by molar-refractivity contribution is 0.0911. The van der Waals surface area contributed by atoms with Crippen LogP contribution in [0.3, 0.4) is 0 Å². The van der Waals surface area contributed by atoms with Crippen molar-refractivity contribution in [2.45, 2.75) is 38.8 Å². The van der Waals surface area contributed by atoms with E-state index >= 15 is 0 Å². The summed E-state index contributed by atoms with van der Waals surface area (Å²) in [6, 6.07) is 4.16. The Morgan fingerprint density at radius 2 is 2.15 bits per heavy atom. The van der Waals surface area contributed by atoms with Gasteiger partial charge in [0.25, 0.3) is 5.91 Å². The smallest absolute Gasteiger partial charge is 0.273 e. The van der Waals surface area contributed by atoms with Gasteiger partial charge in [0.1, 0.15) is 0 Å². The molecule has 2 aromatic rings. The molecular formula is C14H17N5O. The van der Waals surface area contributed by atoms with Crippen LogP contribution >= 0.6 is 0 Å². The van der Waals surface area contributed by atoms with Crippen molar-refractivity contribution < 1.29 is 4.79 Å². The molecule has 0 aliphatic heterocycles. The number of amides is 1. The molecule has 0 atom stereocenters. The Morgan fingerprint density at radius 1 is 1.40 bits per heavy atom. The van der Waals surface area contributed by atoms with E-state index in [-0.39, 0.29) is 5.91 Å². The number of aromatic nitrogens is 4. The lowest BCUT2D eigenvalue weighted by Gasteiger charge is -2.25. The topological polar surface area (TPSA) is 72.7 Å². The van der Waals surface area contributed by atoms with Gasteiger partial charge in [-0.2, -0.15) is 0 Å². The summed E-state index contributed by atoms with van der Waals surface area (Å²) >= 11 is 0. The lowest BCUT2D eigenvalue weighted by atomic mass is 9.93. The Balaban J connectivity index is 1.72. The van der Waals surface area contributed by atoms with Gasteiger partial charge in [-0.3, -0.25) is 9.78 Å². The molecule has 0 radical (unpaired) electrons. The van der Waals surface area contributed by atoms with Gasteiger partial charge in [-0.05, 0) is 43.9 Å². The van der Waals surface area contributed by atoms with Crippen LogP contribution in [0.5, 0.6) is 0 Å². The van der Waals surface area contributed by atoms with Gasteiger partial charge in [0.2, 0.25) is 0 Å². The number of carbonyl (C=O) groups is 1. The normalized spacial score (nSPS) is 14.8. The number of rotatable bonds is 4. The van der Waals surface area contributed by atoms with E-state index in [0.29, 0.717) is 18.3 Å². The van der Waals surface area contributed by atoms with Crippen molar-refractivity contribution >= 4 is 5.91 Å². The standard InChI is InChI=1S/C14H17N5O/c1-10-13(14(20)16-12-3-2-4-12)17-18-19(10)9-11-5-7-15-8-6-11/h5-8,12H,2-4,9H2,1H3,(H,16,20). The molecule has 2 heterocycles. The predicted molar refractivity (Wildman–Crippen MR) is 73.2 cm³/mol. The average Bonchev–Trinajstić information content (AvgIpc) is 2.77. The first-order valence-electron chi connectivity index (χ1n) is 6.84. The fourth-order valence-electron chi connectivity index (χ4n) is 2.19. The molecule has 1 N–H and O–H groups in total. The van der Waals surface area contributed by atoms with E-state index in [1.807, 2.05) is 19.1 Å². The Bertz CT molecular complexity index is 603. The molecule has 0 aromatic carbocycles. The molecule has 0 saturated heterocycles. The summed E-state index contributed by atoms with van der Waals surface area (Å²) in [6.45, 7) is 2.47. The van der Waals surface area contributed by atoms with Gasteiger partial charge in [0.05, 0.1) is 12.2 Å². The van der Waals surface area contributed by atoms with Crippen molar-refractivity contribution in [3.63, 3.8) is 0 Å². The van der Waals surface area contributed by atoms with E-state index in [1.54, 1.807) is 17.1 Å². The van der Waals surface area contributed by atoms with Crippen molar-refractivity contribution in [2.24, 2.45) is 0 Å². The van der Waals surface area contributed by atoms with Gasteiger partial charge >= 0.3 is 0 Å². The van der Waals surface area contributed by atoms with Gasteiger partial charge in [-0.25, -0.2) is 4.68 Å². The van der Waals surface area contributed by atoms with Crippen molar-refractivity contribution in [2.75, 3.05) is 0 Å². The lowest BCUT2D eigenvalue weighted by Crippen LogP contribution is -2.39. The zero-order valence-corrected chi connectivity index (χ0v) is 11.4. The van der Waals surface area contributed by atoms with Crippen molar-refractivity contribution in [3.8, 4) is 0 Å². The van der Waals surface area contributed by atoms with Crippen LogP contribution in [0.25, 0.3) is 0 Å². The zero-order chi connectivity index (χ0) is 13.9. The molecule has 1 fully saturated rings. The number of nitrogens with one attached hydrogen (secondary N) is 1. The number of hydrogen-bond acceptors (Lipinski definition) is 4. The van der Waals surface area contributed by atoms with E-state index in [1.165, 1.54) is 6.42 Å². The van der Waals surface area contributed by atoms with Crippen molar-refractivity contribution in [1.82, 2.24) is 25.3 Å². The van der Waals surface area contributed by atoms with Crippen LogP contribution < -0.4 is 5.32 Å². The summed E-state index contributed by atoms with van der Waals surface area (Å²) in [5.74, 6) is -0.117. The van der Waals surface area contributed by atoms with Crippen LogP contribution in [0.15, 0.2) is 24.5 Å². The first kappa shape index (κ1) is 12.8. The molecule has 1 saturated carbocycles. The Labute approximate surface area is 117 Å². The molecule has 104 valence electrons. The molecule has 20 heavy (non-hydrogen) atoms. The van der Waals surface area contributed by atoms with Gasteiger partial charge in [0, 0.05) is 18.4 Å². The van der Waals surface area contributed by atoms with Gasteiger partial charge in [-0.15, -0.1) is 5.10 Å². The monoisotopic (exact) mass is 271 g/mol. The number of pyridine rings is 1. The van der Waals surface area contributed by atoms with Gasteiger partial charge in [-0.1, -0.05) is 5.21 Å². The summed E-state index contributed by atoms with van der Waals surface area (Å²) in [7, 11) is 0. The van der Waals surface area contributed by atoms with Crippen molar-refractivity contribution in [1.29, 1.82) is 0 Å².